The predicted octanol–water partition coefficient (Wildman–Crippen LogP) is 3.76. The topological polar surface area (TPSA) is 213 Å². The SMILES string of the molecule is Nc1ccc(Oc2ccc(S(=O)(=O)c3ccc(Oc4ccc(N)cc4)cc3S(=O)(=O)O)c(S(=O)(=O)O)c2)cc1. The second-order valence-electron chi connectivity index (χ2n) is 8.01. The average Bonchev–Trinajstić information content (AvgIpc) is 2.85. The number of anilines is 2. The van der Waals surface area contributed by atoms with Crippen molar-refractivity contribution in [2.45, 2.75) is 19.6 Å². The third-order valence-electron chi connectivity index (χ3n) is 5.20. The second-order valence-corrected chi connectivity index (χ2v) is 12.7. The molecule has 4 aromatic rings. The van der Waals surface area contributed by atoms with E-state index < -0.39 is 49.7 Å². The lowest BCUT2D eigenvalue weighted by Gasteiger charge is -2.14. The molecule has 0 aliphatic heterocycles. The van der Waals surface area contributed by atoms with Gasteiger partial charge in [0.05, 0.1) is 9.79 Å². The molecule has 0 aromatic heterocycles. The molecule has 6 N–H and O–H groups in total. The summed E-state index contributed by atoms with van der Waals surface area (Å²) in [5.74, 6) is 0.139. The number of sulfone groups is 1. The summed E-state index contributed by atoms with van der Waals surface area (Å²) in [4.78, 5) is -4.10. The van der Waals surface area contributed by atoms with Gasteiger partial charge < -0.3 is 20.9 Å². The zero-order valence-electron chi connectivity index (χ0n) is 19.6. The van der Waals surface area contributed by atoms with Gasteiger partial charge in [0.1, 0.15) is 32.8 Å². The van der Waals surface area contributed by atoms with Gasteiger partial charge in [-0.25, -0.2) is 8.42 Å². The van der Waals surface area contributed by atoms with Crippen LogP contribution in [-0.4, -0.2) is 34.4 Å². The van der Waals surface area contributed by atoms with Gasteiger partial charge in [-0.3, -0.25) is 9.11 Å². The maximum atomic E-state index is 13.5. The molecular weight excluding hydrogens is 572 g/mol. The molecule has 204 valence electrons. The highest BCUT2D eigenvalue weighted by molar-refractivity contribution is 7.94. The Bertz CT molecular complexity index is 1740. The van der Waals surface area contributed by atoms with Crippen molar-refractivity contribution in [2.75, 3.05) is 11.5 Å². The number of rotatable bonds is 8. The van der Waals surface area contributed by atoms with Crippen LogP contribution in [0.3, 0.4) is 0 Å². The van der Waals surface area contributed by atoms with E-state index in [1.807, 2.05) is 0 Å². The van der Waals surface area contributed by atoms with Crippen molar-refractivity contribution in [1.82, 2.24) is 0 Å². The van der Waals surface area contributed by atoms with Crippen molar-refractivity contribution >= 4 is 41.4 Å². The first-order chi connectivity index (χ1) is 18.1. The van der Waals surface area contributed by atoms with E-state index in [0.717, 1.165) is 36.4 Å². The summed E-state index contributed by atoms with van der Waals surface area (Å²) in [7, 11) is -15.3. The first-order valence-corrected chi connectivity index (χ1v) is 15.1. The average molecular weight is 593 g/mol. The molecule has 12 nitrogen and oxygen atoms in total. The zero-order valence-corrected chi connectivity index (χ0v) is 22.1. The van der Waals surface area contributed by atoms with Gasteiger partial charge in [-0.05, 0) is 72.8 Å². The molecule has 0 aliphatic carbocycles. The summed E-state index contributed by atoms with van der Waals surface area (Å²) in [5, 5.41) is 0. The first-order valence-electron chi connectivity index (χ1n) is 10.7. The normalized spacial score (nSPS) is 12.2. The quantitative estimate of drug-likeness (QED) is 0.170. The highest BCUT2D eigenvalue weighted by Crippen LogP contribution is 2.36. The van der Waals surface area contributed by atoms with Gasteiger partial charge in [0, 0.05) is 23.5 Å². The lowest BCUT2D eigenvalue weighted by Crippen LogP contribution is -2.13. The Balaban J connectivity index is 1.81. The van der Waals surface area contributed by atoms with Gasteiger partial charge >= 0.3 is 0 Å². The minimum absolute atomic E-state index is 0.159. The Morgan fingerprint density at radius 1 is 0.462 bits per heavy atom. The van der Waals surface area contributed by atoms with Crippen molar-refractivity contribution in [3.8, 4) is 23.0 Å². The summed E-state index contributed by atoms with van der Waals surface area (Å²) in [6.07, 6.45) is 0. The molecule has 0 spiro atoms. The second kappa shape index (κ2) is 10.2. The van der Waals surface area contributed by atoms with Gasteiger partial charge in [0.2, 0.25) is 9.84 Å². The molecule has 0 bridgehead atoms. The molecular formula is C24H20N2O10S3. The van der Waals surface area contributed by atoms with E-state index in [4.69, 9.17) is 20.9 Å². The Hall–Kier alpha value is -4.15. The van der Waals surface area contributed by atoms with Crippen LogP contribution in [-0.2, 0) is 30.1 Å². The first kappa shape index (κ1) is 27.9. The monoisotopic (exact) mass is 592 g/mol. The van der Waals surface area contributed by atoms with Crippen LogP contribution in [0.4, 0.5) is 11.4 Å². The fourth-order valence-electron chi connectivity index (χ4n) is 3.41. The van der Waals surface area contributed by atoms with Crippen molar-refractivity contribution in [1.29, 1.82) is 0 Å². The molecule has 4 rings (SSSR count). The van der Waals surface area contributed by atoms with Crippen molar-refractivity contribution < 1.29 is 43.8 Å². The van der Waals surface area contributed by atoms with Crippen molar-refractivity contribution in [3.63, 3.8) is 0 Å². The smallest absolute Gasteiger partial charge is 0.295 e. The molecule has 0 fully saturated rings. The van der Waals surface area contributed by atoms with E-state index in [2.05, 4.69) is 0 Å². The third-order valence-corrected chi connectivity index (χ3v) is 9.11. The molecule has 39 heavy (non-hydrogen) atoms. The Labute approximate surface area is 223 Å². The van der Waals surface area contributed by atoms with Gasteiger partial charge in [-0.15, -0.1) is 0 Å². The largest absolute Gasteiger partial charge is 0.457 e. The van der Waals surface area contributed by atoms with Crippen molar-refractivity contribution in [2.24, 2.45) is 0 Å². The number of hydrogen-bond acceptors (Lipinski definition) is 10. The van der Waals surface area contributed by atoms with Crippen LogP contribution in [0.5, 0.6) is 23.0 Å². The molecule has 4 aromatic carbocycles. The molecule has 0 aliphatic rings. The summed E-state index contributed by atoms with van der Waals surface area (Å²) >= 11 is 0. The van der Waals surface area contributed by atoms with Gasteiger partial charge in [-0.1, -0.05) is 0 Å². The van der Waals surface area contributed by atoms with Crippen LogP contribution >= 0.6 is 0 Å². The molecule has 0 heterocycles. The molecule has 0 amide bonds. The van der Waals surface area contributed by atoms with Crippen molar-refractivity contribution in [3.05, 3.63) is 84.9 Å². The highest BCUT2D eigenvalue weighted by atomic mass is 32.2. The maximum Gasteiger partial charge on any atom is 0.295 e. The number of benzene rings is 4. The van der Waals surface area contributed by atoms with E-state index in [1.54, 1.807) is 0 Å². The van der Waals surface area contributed by atoms with Crippen LogP contribution in [0.25, 0.3) is 0 Å². The number of nitrogen functional groups attached to an aromatic ring is 2. The Morgan fingerprint density at radius 3 is 1.08 bits per heavy atom. The van der Waals surface area contributed by atoms with Crippen LogP contribution in [0.2, 0.25) is 0 Å². The third kappa shape index (κ3) is 6.30. The van der Waals surface area contributed by atoms with Gasteiger partial charge in [0.15, 0.2) is 0 Å². The summed E-state index contributed by atoms with van der Waals surface area (Å²) < 4.78 is 106. The summed E-state index contributed by atoms with van der Waals surface area (Å²) in [6.45, 7) is 0. The van der Waals surface area contributed by atoms with Crippen LogP contribution in [0.15, 0.2) is 105 Å². The highest BCUT2D eigenvalue weighted by Gasteiger charge is 2.33. The molecule has 15 heteroatoms. The molecule has 0 saturated heterocycles. The predicted molar refractivity (Wildman–Crippen MR) is 140 cm³/mol. The fraction of sp³-hybridized carbons (Fsp3) is 0. The molecule has 0 radical (unpaired) electrons. The minimum Gasteiger partial charge on any atom is -0.457 e. The zero-order chi connectivity index (χ0) is 28.6. The maximum absolute atomic E-state index is 13.5. The van der Waals surface area contributed by atoms with Crippen LogP contribution in [0.1, 0.15) is 0 Å². The molecule has 0 saturated carbocycles. The standard InChI is InChI=1S/C24H20N2O10S3/c25-15-1-5-17(6-2-15)35-19-9-11-21(23(13-19)38(29,30)31)37(27,28)22-12-10-20(14-24(22)39(32,33)34)36-18-7-3-16(26)4-8-18/h1-14H,25-26H2,(H,29,30,31)(H,32,33,34). The summed E-state index contributed by atoms with van der Waals surface area (Å²) in [6, 6.07) is 17.3. The Morgan fingerprint density at radius 2 is 0.769 bits per heavy atom. The lowest BCUT2D eigenvalue weighted by atomic mass is 10.3. The number of nitrogens with two attached hydrogens (primary N) is 2. The van der Waals surface area contributed by atoms with Crippen LogP contribution in [0, 0.1) is 0 Å². The van der Waals surface area contributed by atoms with E-state index >= 15 is 0 Å². The fourth-order valence-corrected chi connectivity index (χ4v) is 7.26. The van der Waals surface area contributed by atoms with E-state index in [-0.39, 0.29) is 23.0 Å². The molecule has 0 atom stereocenters. The van der Waals surface area contributed by atoms with Crippen LogP contribution < -0.4 is 20.9 Å². The minimum atomic E-state index is -5.17. The Kier molecular flexibility index (Phi) is 7.29. The van der Waals surface area contributed by atoms with Gasteiger partial charge in [-0.2, -0.15) is 16.8 Å². The van der Waals surface area contributed by atoms with E-state index in [9.17, 15) is 34.4 Å². The number of hydrogen-bond donors (Lipinski definition) is 4. The van der Waals surface area contributed by atoms with E-state index in [0.29, 0.717) is 11.4 Å². The molecule has 0 unspecified atom stereocenters. The lowest BCUT2D eigenvalue weighted by molar-refractivity contribution is 0.467. The number of ether oxygens (including phenoxy) is 2. The van der Waals surface area contributed by atoms with Gasteiger partial charge in [0.25, 0.3) is 20.2 Å². The van der Waals surface area contributed by atoms with E-state index in [1.165, 1.54) is 48.5 Å². The summed E-state index contributed by atoms with van der Waals surface area (Å²) in [5.41, 5.74) is 12.1.